The van der Waals surface area contributed by atoms with Crippen LogP contribution in [0.5, 0.6) is 17.2 Å². The number of benzene rings is 2. The van der Waals surface area contributed by atoms with Gasteiger partial charge in [-0.1, -0.05) is 29.3 Å². The zero-order valence-electron chi connectivity index (χ0n) is 26.3. The number of carbonyl (C=O) groups excluding carboxylic acids is 3. The summed E-state index contributed by atoms with van der Waals surface area (Å²) in [6.07, 6.45) is 2.15. The van der Waals surface area contributed by atoms with Crippen LogP contribution in [-0.2, 0) is 30.8 Å². The van der Waals surface area contributed by atoms with Gasteiger partial charge in [-0.2, -0.15) is 13.5 Å². The predicted molar refractivity (Wildman–Crippen MR) is 176 cm³/mol. The molecule has 0 unspecified atom stereocenters. The van der Waals surface area contributed by atoms with Gasteiger partial charge in [-0.25, -0.2) is 8.42 Å². The number of anilines is 1. The lowest BCUT2D eigenvalue weighted by Gasteiger charge is -2.21. The van der Waals surface area contributed by atoms with E-state index >= 15 is 0 Å². The largest absolute Gasteiger partial charge is 0.619 e. The number of primary amides is 1. The molecule has 1 fully saturated rings. The fourth-order valence-electron chi connectivity index (χ4n) is 4.50. The van der Waals surface area contributed by atoms with Crippen LogP contribution in [0, 0.1) is 11.1 Å². The van der Waals surface area contributed by atoms with Gasteiger partial charge in [-0.05, 0) is 54.7 Å². The second-order valence-electron chi connectivity index (χ2n) is 11.0. The molecule has 4 N–H and O–H groups in total. The molecule has 0 radical (unpaired) electrons. The Morgan fingerprint density at radius 2 is 1.74 bits per heavy atom. The molecule has 1 aromatic heterocycles. The number of sulfonamides is 1. The number of nitrogens with one attached hydrogen (secondary N) is 2. The smallest absolute Gasteiger partial charge is 0.387 e. The molecule has 0 bridgehead atoms. The third kappa shape index (κ3) is 11.2. The quantitative estimate of drug-likeness (QED) is 0.0971. The second-order valence-corrected chi connectivity index (χ2v) is 13.7. The number of pyridine rings is 1. The maximum absolute atomic E-state index is 13.1. The van der Waals surface area contributed by atoms with E-state index in [1.54, 1.807) is 0 Å². The highest BCUT2D eigenvalue weighted by Gasteiger charge is 2.27. The number of hydrogen-bond donors (Lipinski definition) is 3. The maximum atomic E-state index is 13.1. The molecule has 0 saturated heterocycles. The van der Waals surface area contributed by atoms with Crippen molar-refractivity contribution in [2.45, 2.75) is 38.4 Å². The van der Waals surface area contributed by atoms with Crippen LogP contribution in [0.3, 0.4) is 0 Å². The van der Waals surface area contributed by atoms with Crippen LogP contribution < -0.4 is 34.7 Å². The van der Waals surface area contributed by atoms with Crippen molar-refractivity contribution in [3.8, 4) is 17.2 Å². The van der Waals surface area contributed by atoms with Gasteiger partial charge < -0.3 is 35.2 Å². The van der Waals surface area contributed by atoms with Crippen molar-refractivity contribution in [1.82, 2.24) is 5.32 Å². The fourth-order valence-corrected chi connectivity index (χ4v) is 6.16. The van der Waals surface area contributed by atoms with Gasteiger partial charge >= 0.3 is 12.6 Å². The lowest BCUT2D eigenvalue weighted by Crippen LogP contribution is -2.32. The van der Waals surface area contributed by atoms with E-state index in [0.717, 1.165) is 31.3 Å². The van der Waals surface area contributed by atoms with Gasteiger partial charge in [0, 0.05) is 24.0 Å². The van der Waals surface area contributed by atoms with Gasteiger partial charge in [0.25, 0.3) is 5.91 Å². The highest BCUT2D eigenvalue weighted by atomic mass is 35.5. The summed E-state index contributed by atoms with van der Waals surface area (Å²) >= 11 is 12.6. The molecule has 14 nitrogen and oxygen atoms in total. The Bertz CT molecular complexity index is 1820. The number of nitrogens with two attached hydrogens (primary N) is 1. The molecule has 270 valence electrons. The van der Waals surface area contributed by atoms with Crippen molar-refractivity contribution in [3.63, 3.8) is 0 Å². The number of ether oxygens (including phenoxy) is 4. The minimum atomic E-state index is -4.05. The van der Waals surface area contributed by atoms with Crippen molar-refractivity contribution in [2.24, 2.45) is 11.7 Å². The Balaban J connectivity index is 1.54. The normalized spacial score (nSPS) is 13.3. The minimum Gasteiger partial charge on any atom is -0.619 e. The standard InChI is InChI=1S/C31H32Cl2F2N4O10S/c1-46-24-6-5-19(10-23(24)38-50(44,45)9-8-28(36)40)30(42)37-13-29(41)48-26(12-20-21(32)14-39(43)15-22(20)33)18-4-7-25(49-31(34)35)27(11-18)47-16-17-2-3-17/h4-7,10-11,14-15,17,26,31,38H,2-3,8-9,12-13,16H2,1H3,(H2,36,40)(H,37,42)/t26-/m0/s1. The molecule has 2 amide bonds. The van der Waals surface area contributed by atoms with Gasteiger partial charge in [-0.3, -0.25) is 19.1 Å². The van der Waals surface area contributed by atoms with Gasteiger partial charge in [0.1, 0.15) is 28.4 Å². The second kappa shape index (κ2) is 16.9. The first-order chi connectivity index (χ1) is 23.6. The van der Waals surface area contributed by atoms with E-state index in [1.165, 1.54) is 37.4 Å². The van der Waals surface area contributed by atoms with Crippen molar-refractivity contribution < 1.29 is 55.3 Å². The highest BCUT2D eigenvalue weighted by Crippen LogP contribution is 2.38. The Morgan fingerprint density at radius 3 is 2.36 bits per heavy atom. The average Bonchev–Trinajstić information content (AvgIpc) is 3.87. The van der Waals surface area contributed by atoms with Crippen LogP contribution in [0.4, 0.5) is 14.5 Å². The summed E-state index contributed by atoms with van der Waals surface area (Å²) in [6, 6.07) is 7.78. The fraction of sp³-hybridized carbons (Fsp3) is 0.355. The molecule has 1 heterocycles. The van der Waals surface area contributed by atoms with E-state index in [9.17, 15) is 36.8 Å². The van der Waals surface area contributed by atoms with Crippen LogP contribution in [0.2, 0.25) is 10.0 Å². The maximum Gasteiger partial charge on any atom is 0.387 e. The number of hydrogen-bond acceptors (Lipinski definition) is 10. The number of carbonyl (C=O) groups is 3. The topological polar surface area (TPSA) is 199 Å². The molecule has 1 aliphatic carbocycles. The van der Waals surface area contributed by atoms with E-state index < -0.39 is 59.2 Å². The number of amides is 2. The summed E-state index contributed by atoms with van der Waals surface area (Å²) in [6.45, 7) is -3.55. The molecule has 3 aromatic rings. The van der Waals surface area contributed by atoms with Gasteiger partial charge in [0.15, 0.2) is 23.9 Å². The third-order valence-electron chi connectivity index (χ3n) is 7.19. The molecule has 0 aliphatic heterocycles. The monoisotopic (exact) mass is 760 g/mol. The number of halogens is 4. The van der Waals surface area contributed by atoms with Crippen LogP contribution in [-0.4, -0.2) is 58.8 Å². The summed E-state index contributed by atoms with van der Waals surface area (Å²) < 4.78 is 74.9. The summed E-state index contributed by atoms with van der Waals surface area (Å²) in [5.74, 6) is -3.10. The molecule has 1 atom stereocenters. The highest BCUT2D eigenvalue weighted by molar-refractivity contribution is 7.92. The number of esters is 1. The summed E-state index contributed by atoms with van der Waals surface area (Å²) in [5.41, 5.74) is 5.37. The Morgan fingerprint density at radius 1 is 1.06 bits per heavy atom. The number of aromatic nitrogens is 1. The molecular weight excluding hydrogens is 729 g/mol. The molecule has 2 aromatic carbocycles. The van der Waals surface area contributed by atoms with E-state index in [0.29, 0.717) is 4.73 Å². The zero-order valence-corrected chi connectivity index (χ0v) is 28.7. The molecule has 1 aliphatic rings. The van der Waals surface area contributed by atoms with Crippen LogP contribution in [0.1, 0.15) is 46.9 Å². The molecule has 50 heavy (non-hydrogen) atoms. The Kier molecular flexibility index (Phi) is 12.9. The van der Waals surface area contributed by atoms with Crippen LogP contribution >= 0.6 is 23.2 Å². The SMILES string of the molecule is COc1ccc(C(=O)NCC(=O)O[C@@H](Cc2c(Cl)c[n+]([O-])cc2Cl)c2ccc(OC(F)F)c(OCC3CC3)c2)cc1NS(=O)(=O)CCC(N)=O. The third-order valence-corrected chi connectivity index (χ3v) is 9.11. The summed E-state index contributed by atoms with van der Waals surface area (Å²) in [5, 5.41) is 14.1. The van der Waals surface area contributed by atoms with E-state index in [-0.39, 0.29) is 68.6 Å². The van der Waals surface area contributed by atoms with Crippen LogP contribution in [0.25, 0.3) is 0 Å². The number of nitrogens with zero attached hydrogens (tertiary/aromatic N) is 1. The predicted octanol–water partition coefficient (Wildman–Crippen LogP) is 3.90. The van der Waals surface area contributed by atoms with Crippen molar-refractivity contribution in [2.75, 3.05) is 30.7 Å². The Hall–Kier alpha value is -4.61. The van der Waals surface area contributed by atoms with Crippen molar-refractivity contribution in [1.29, 1.82) is 0 Å². The van der Waals surface area contributed by atoms with E-state index in [1.807, 2.05) is 0 Å². The number of methoxy groups -OCH3 is 1. The Labute approximate surface area is 295 Å². The lowest BCUT2D eigenvalue weighted by atomic mass is 10.0. The lowest BCUT2D eigenvalue weighted by molar-refractivity contribution is -0.605. The van der Waals surface area contributed by atoms with Crippen LogP contribution in [0.15, 0.2) is 48.8 Å². The van der Waals surface area contributed by atoms with Gasteiger partial charge in [0.05, 0.1) is 25.2 Å². The minimum absolute atomic E-state index is 0.0210. The first-order valence-electron chi connectivity index (χ1n) is 14.9. The molecule has 19 heteroatoms. The first kappa shape index (κ1) is 38.2. The summed E-state index contributed by atoms with van der Waals surface area (Å²) in [4.78, 5) is 37.2. The van der Waals surface area contributed by atoms with Gasteiger partial charge in [0.2, 0.25) is 15.9 Å². The first-order valence-corrected chi connectivity index (χ1v) is 17.3. The van der Waals surface area contributed by atoms with E-state index in [4.69, 9.17) is 43.1 Å². The van der Waals surface area contributed by atoms with Crippen molar-refractivity contribution >= 4 is 56.7 Å². The zero-order chi connectivity index (χ0) is 36.6. The summed E-state index contributed by atoms with van der Waals surface area (Å²) in [7, 11) is -2.77. The molecule has 0 spiro atoms. The molecular formula is C31H32Cl2F2N4O10S. The van der Waals surface area contributed by atoms with Gasteiger partial charge in [-0.15, -0.1) is 0 Å². The van der Waals surface area contributed by atoms with E-state index in [2.05, 4.69) is 14.8 Å². The molecule has 4 rings (SSSR count). The number of rotatable bonds is 18. The number of alkyl halides is 2. The van der Waals surface area contributed by atoms with Crippen molar-refractivity contribution in [3.05, 3.63) is 80.7 Å². The molecule has 1 saturated carbocycles. The average molecular weight is 762 g/mol.